The number of nitrogens with zero attached hydrogens (tertiary/aromatic N) is 2. The Morgan fingerprint density at radius 1 is 1.08 bits per heavy atom. The minimum absolute atomic E-state index is 0.231. The van der Waals surface area contributed by atoms with Gasteiger partial charge in [0.25, 0.3) is 0 Å². The highest BCUT2D eigenvalue weighted by molar-refractivity contribution is 5.48. The molecule has 0 aromatic heterocycles. The van der Waals surface area contributed by atoms with Crippen molar-refractivity contribution in [3.05, 3.63) is 0 Å². The average Bonchev–Trinajstić information content (AvgIpc) is 2.03. The van der Waals surface area contributed by atoms with Gasteiger partial charge in [0.1, 0.15) is 0 Å². The molecule has 3 nitrogen and oxygen atoms in total. The Kier molecular flexibility index (Phi) is 2.73. The largest absolute Gasteiger partial charge is 0.332 e. The van der Waals surface area contributed by atoms with Crippen LogP contribution in [-0.4, -0.2) is 47.9 Å². The fourth-order valence-electron chi connectivity index (χ4n) is 1.47. The van der Waals surface area contributed by atoms with Gasteiger partial charge in [0.05, 0.1) is 0 Å². The number of hydrogen-bond acceptors (Lipinski definition) is 2. The summed E-state index contributed by atoms with van der Waals surface area (Å²) in [7, 11) is 0. The van der Waals surface area contributed by atoms with E-state index in [4.69, 9.17) is 0 Å². The van der Waals surface area contributed by atoms with E-state index in [0.717, 1.165) is 26.2 Å². The van der Waals surface area contributed by atoms with Gasteiger partial charge in [-0.3, -0.25) is 9.69 Å². The zero-order valence-electron chi connectivity index (χ0n) is 8.13. The molecule has 0 aromatic rings. The van der Waals surface area contributed by atoms with E-state index in [0.29, 0.717) is 0 Å². The minimum atomic E-state index is 0.231. The predicted molar refractivity (Wildman–Crippen MR) is 48.6 cm³/mol. The van der Waals surface area contributed by atoms with Gasteiger partial charge in [-0.25, -0.2) is 0 Å². The Morgan fingerprint density at radius 3 is 1.92 bits per heavy atom. The van der Waals surface area contributed by atoms with Crippen LogP contribution in [0.5, 0.6) is 0 Å². The molecule has 1 rings (SSSR count). The summed E-state index contributed by atoms with van der Waals surface area (Å²) in [5.74, 6) is 0. The van der Waals surface area contributed by atoms with Crippen LogP contribution in [0.1, 0.15) is 20.8 Å². The quantitative estimate of drug-likeness (QED) is 0.569. The van der Waals surface area contributed by atoms with Crippen molar-refractivity contribution in [3.63, 3.8) is 0 Å². The molecular weight excluding hydrogens is 152 g/mol. The molecule has 0 aliphatic carbocycles. The van der Waals surface area contributed by atoms with Gasteiger partial charge in [-0.15, -0.1) is 0 Å². The van der Waals surface area contributed by atoms with Crippen molar-refractivity contribution >= 4 is 6.41 Å². The number of piperazine rings is 1. The second-order valence-corrected chi connectivity index (χ2v) is 4.24. The summed E-state index contributed by atoms with van der Waals surface area (Å²) in [6.45, 7) is 10.2. The van der Waals surface area contributed by atoms with Crippen LogP contribution in [0, 0.1) is 0 Å². The maximum atomic E-state index is 10.3. The lowest BCUT2D eigenvalue weighted by molar-refractivity contribution is 0.0872. The van der Waals surface area contributed by atoms with Crippen molar-refractivity contribution in [2.75, 3.05) is 26.2 Å². The standard InChI is InChI=1S/C9H17N2O/c1-9(2,3)11-6-4-10(8-12)5-7-11/h4-7H2,1-3H3. The molecular formula is C9H17N2O. The second kappa shape index (κ2) is 3.44. The maximum Gasteiger partial charge on any atom is 0.312 e. The first-order valence-corrected chi connectivity index (χ1v) is 4.42. The molecule has 1 radical (unpaired) electrons. The number of hydrogen-bond donors (Lipinski definition) is 0. The summed E-state index contributed by atoms with van der Waals surface area (Å²) in [5, 5.41) is 0. The molecule has 0 N–H and O–H groups in total. The molecule has 12 heavy (non-hydrogen) atoms. The van der Waals surface area contributed by atoms with E-state index in [1.165, 1.54) is 0 Å². The predicted octanol–water partition coefficient (Wildman–Crippen LogP) is 0.470. The normalized spacial score (nSPS) is 21.1. The van der Waals surface area contributed by atoms with Gasteiger partial charge >= 0.3 is 6.41 Å². The van der Waals surface area contributed by atoms with Crippen LogP contribution < -0.4 is 0 Å². The van der Waals surface area contributed by atoms with Gasteiger partial charge in [-0.2, -0.15) is 0 Å². The number of amides is 1. The van der Waals surface area contributed by atoms with Crippen LogP contribution >= 0.6 is 0 Å². The topological polar surface area (TPSA) is 23.6 Å². The van der Waals surface area contributed by atoms with E-state index >= 15 is 0 Å². The van der Waals surface area contributed by atoms with Gasteiger partial charge in [-0.05, 0) is 20.8 Å². The smallest absolute Gasteiger partial charge is 0.312 e. The van der Waals surface area contributed by atoms with E-state index in [9.17, 15) is 4.79 Å². The summed E-state index contributed by atoms with van der Waals surface area (Å²) in [6, 6.07) is 0. The zero-order valence-corrected chi connectivity index (χ0v) is 8.13. The lowest BCUT2D eigenvalue weighted by Gasteiger charge is -2.40. The molecule has 1 heterocycles. The molecule has 1 amide bonds. The monoisotopic (exact) mass is 169 g/mol. The lowest BCUT2D eigenvalue weighted by atomic mass is 10.1. The molecule has 0 bridgehead atoms. The highest BCUT2D eigenvalue weighted by Crippen LogP contribution is 2.14. The van der Waals surface area contributed by atoms with E-state index in [2.05, 4.69) is 25.7 Å². The number of rotatable bonds is 1. The first-order chi connectivity index (χ1) is 5.54. The first kappa shape index (κ1) is 9.52. The Bertz CT molecular complexity index is 154. The summed E-state index contributed by atoms with van der Waals surface area (Å²) in [4.78, 5) is 14.4. The minimum Gasteiger partial charge on any atom is -0.332 e. The number of carbonyl (C=O) groups excluding carboxylic acids is 1. The average molecular weight is 169 g/mol. The third-order valence-electron chi connectivity index (χ3n) is 2.36. The van der Waals surface area contributed by atoms with Crippen LogP contribution in [0.2, 0.25) is 0 Å². The second-order valence-electron chi connectivity index (χ2n) is 4.24. The van der Waals surface area contributed by atoms with Gasteiger partial charge in [-0.1, -0.05) is 0 Å². The maximum absolute atomic E-state index is 10.3. The van der Waals surface area contributed by atoms with Crippen LogP contribution in [-0.2, 0) is 4.79 Å². The first-order valence-electron chi connectivity index (χ1n) is 4.42. The molecule has 1 saturated heterocycles. The van der Waals surface area contributed by atoms with Crippen molar-refractivity contribution in [2.45, 2.75) is 26.3 Å². The SMILES string of the molecule is CC(C)(C)N1CCN([C]=O)CC1. The van der Waals surface area contributed by atoms with E-state index in [-0.39, 0.29) is 5.54 Å². The van der Waals surface area contributed by atoms with Crippen LogP contribution in [0.3, 0.4) is 0 Å². The van der Waals surface area contributed by atoms with Gasteiger partial charge in [0, 0.05) is 31.7 Å². The summed E-state index contributed by atoms with van der Waals surface area (Å²) >= 11 is 0. The third-order valence-corrected chi connectivity index (χ3v) is 2.36. The summed E-state index contributed by atoms with van der Waals surface area (Å²) in [6.07, 6.45) is 1.93. The molecule has 1 fully saturated rings. The van der Waals surface area contributed by atoms with Crippen molar-refractivity contribution in [2.24, 2.45) is 0 Å². The molecule has 0 atom stereocenters. The molecule has 0 spiro atoms. The fourth-order valence-corrected chi connectivity index (χ4v) is 1.47. The van der Waals surface area contributed by atoms with Gasteiger partial charge < -0.3 is 4.90 Å². The van der Waals surface area contributed by atoms with Crippen molar-refractivity contribution < 1.29 is 4.79 Å². The van der Waals surface area contributed by atoms with E-state index in [1.54, 1.807) is 4.90 Å². The molecule has 1 aliphatic heterocycles. The fraction of sp³-hybridized carbons (Fsp3) is 0.889. The molecule has 0 aromatic carbocycles. The Labute approximate surface area is 74.3 Å². The van der Waals surface area contributed by atoms with Crippen molar-refractivity contribution in [1.29, 1.82) is 0 Å². The van der Waals surface area contributed by atoms with Gasteiger partial charge in [0.2, 0.25) is 0 Å². The Morgan fingerprint density at radius 2 is 1.58 bits per heavy atom. The lowest BCUT2D eigenvalue weighted by Crippen LogP contribution is -2.52. The highest BCUT2D eigenvalue weighted by Gasteiger charge is 2.25. The van der Waals surface area contributed by atoms with Crippen LogP contribution in [0.4, 0.5) is 0 Å². The van der Waals surface area contributed by atoms with E-state index in [1.807, 2.05) is 6.41 Å². The zero-order chi connectivity index (χ0) is 9.19. The molecule has 0 saturated carbocycles. The molecule has 0 unspecified atom stereocenters. The van der Waals surface area contributed by atoms with E-state index < -0.39 is 0 Å². The highest BCUT2D eigenvalue weighted by atomic mass is 16.1. The van der Waals surface area contributed by atoms with Crippen molar-refractivity contribution in [1.82, 2.24) is 9.80 Å². The Hall–Kier alpha value is -0.570. The van der Waals surface area contributed by atoms with Gasteiger partial charge in [0.15, 0.2) is 0 Å². The molecule has 3 heteroatoms. The van der Waals surface area contributed by atoms with Crippen LogP contribution in [0.25, 0.3) is 0 Å². The third kappa shape index (κ3) is 2.21. The van der Waals surface area contributed by atoms with Crippen LogP contribution in [0.15, 0.2) is 0 Å². The summed E-state index contributed by atoms with van der Waals surface area (Å²) in [5.41, 5.74) is 0.231. The molecule has 1 aliphatic rings. The van der Waals surface area contributed by atoms with Crippen molar-refractivity contribution in [3.8, 4) is 0 Å². The summed E-state index contributed by atoms with van der Waals surface area (Å²) < 4.78 is 0. The Balaban J connectivity index is 2.41. The molecule has 69 valence electrons.